The molecule has 100 valence electrons. The second-order valence-electron chi connectivity index (χ2n) is 3.87. The van der Waals surface area contributed by atoms with Gasteiger partial charge in [0.05, 0.1) is 0 Å². The second kappa shape index (κ2) is 5.08. The van der Waals surface area contributed by atoms with Crippen molar-refractivity contribution >= 4 is 17.6 Å². The number of aryl methyl sites for hydroxylation is 1. The summed E-state index contributed by atoms with van der Waals surface area (Å²) in [7, 11) is 0. The van der Waals surface area contributed by atoms with Gasteiger partial charge in [0.2, 0.25) is 5.82 Å². The molecule has 2 aromatic rings. The van der Waals surface area contributed by atoms with Gasteiger partial charge in [-0.05, 0) is 19.1 Å². The Kier molecular flexibility index (Phi) is 3.66. The highest BCUT2D eigenvalue weighted by atomic mass is 32.2. The Morgan fingerprint density at radius 2 is 1.74 bits per heavy atom. The Balaban J connectivity index is 2.30. The lowest BCUT2D eigenvalue weighted by Gasteiger charge is -2.08. The smallest absolute Gasteiger partial charge is 0.384 e. The zero-order valence-corrected chi connectivity index (χ0v) is 10.7. The number of hydrogen-bond acceptors (Lipinski definition) is 4. The summed E-state index contributed by atoms with van der Waals surface area (Å²) in [5.41, 5.74) is 6.44. The first-order valence-corrected chi connectivity index (χ1v) is 6.12. The molecule has 3 nitrogen and oxygen atoms in total. The predicted molar refractivity (Wildman–Crippen MR) is 66.7 cm³/mol. The molecule has 0 spiro atoms. The van der Waals surface area contributed by atoms with E-state index >= 15 is 0 Å². The van der Waals surface area contributed by atoms with Gasteiger partial charge in [-0.2, -0.15) is 13.2 Å². The number of aromatic nitrogens is 2. The van der Waals surface area contributed by atoms with Crippen molar-refractivity contribution in [2.75, 3.05) is 5.73 Å². The zero-order chi connectivity index (χ0) is 14.0. The number of rotatable bonds is 2. The average Bonchev–Trinajstić information content (AvgIpc) is 2.30. The van der Waals surface area contributed by atoms with Gasteiger partial charge in [0.15, 0.2) is 0 Å². The van der Waals surface area contributed by atoms with Gasteiger partial charge >= 0.3 is 6.18 Å². The molecule has 0 saturated heterocycles. The molecule has 0 aliphatic heterocycles. The van der Waals surface area contributed by atoms with Crippen molar-refractivity contribution in [1.29, 1.82) is 0 Å². The van der Waals surface area contributed by atoms with E-state index in [0.29, 0.717) is 0 Å². The Morgan fingerprint density at radius 3 is 2.32 bits per heavy atom. The van der Waals surface area contributed by atoms with Crippen molar-refractivity contribution in [3.8, 4) is 0 Å². The monoisotopic (exact) mass is 285 g/mol. The van der Waals surface area contributed by atoms with E-state index in [-0.39, 0.29) is 10.8 Å². The number of hydrogen-bond donors (Lipinski definition) is 1. The van der Waals surface area contributed by atoms with Crippen molar-refractivity contribution < 1.29 is 13.2 Å². The van der Waals surface area contributed by atoms with E-state index in [1.165, 1.54) is 6.07 Å². The van der Waals surface area contributed by atoms with E-state index < -0.39 is 12.0 Å². The summed E-state index contributed by atoms with van der Waals surface area (Å²) < 4.78 is 37.6. The summed E-state index contributed by atoms with van der Waals surface area (Å²) in [5.74, 6) is -1.42. The van der Waals surface area contributed by atoms with Gasteiger partial charge in [-0.15, -0.1) is 0 Å². The predicted octanol–water partition coefficient (Wildman–Crippen LogP) is 3.54. The third kappa shape index (κ3) is 3.60. The van der Waals surface area contributed by atoms with Crippen molar-refractivity contribution in [1.82, 2.24) is 9.97 Å². The third-order valence-corrected chi connectivity index (χ3v) is 3.15. The molecule has 1 aromatic heterocycles. The van der Waals surface area contributed by atoms with E-state index in [4.69, 9.17) is 5.73 Å². The minimum Gasteiger partial charge on any atom is -0.384 e. The fraction of sp³-hybridized carbons (Fsp3) is 0.167. The van der Waals surface area contributed by atoms with Gasteiger partial charge in [0.25, 0.3) is 0 Å². The Morgan fingerprint density at radius 1 is 1.11 bits per heavy atom. The molecule has 0 amide bonds. The Bertz CT molecular complexity index is 582. The van der Waals surface area contributed by atoms with E-state index in [1.54, 1.807) is 0 Å². The number of nitrogen functional groups attached to an aromatic ring is 1. The Hall–Kier alpha value is -1.76. The van der Waals surface area contributed by atoms with Gasteiger partial charge in [0.1, 0.15) is 10.8 Å². The van der Waals surface area contributed by atoms with Crippen LogP contribution >= 0.6 is 11.8 Å². The topological polar surface area (TPSA) is 51.8 Å². The van der Waals surface area contributed by atoms with Crippen LogP contribution in [0.3, 0.4) is 0 Å². The third-order valence-electron chi connectivity index (χ3n) is 2.22. The summed E-state index contributed by atoms with van der Waals surface area (Å²) in [4.78, 5) is 7.45. The molecule has 2 rings (SSSR count). The quantitative estimate of drug-likeness (QED) is 0.857. The number of nitrogens with zero attached hydrogens (tertiary/aromatic N) is 2. The first-order valence-electron chi connectivity index (χ1n) is 5.31. The molecule has 0 fully saturated rings. The summed E-state index contributed by atoms with van der Waals surface area (Å²) in [6, 6.07) is 8.69. The van der Waals surface area contributed by atoms with Crippen LogP contribution in [0.4, 0.5) is 19.0 Å². The highest BCUT2D eigenvalue weighted by Gasteiger charge is 2.35. The lowest BCUT2D eigenvalue weighted by atomic mass is 10.2. The van der Waals surface area contributed by atoms with Crippen LogP contribution in [0.15, 0.2) is 40.3 Å². The van der Waals surface area contributed by atoms with Crippen LogP contribution in [0.2, 0.25) is 0 Å². The zero-order valence-electron chi connectivity index (χ0n) is 9.90. The number of halogens is 3. The number of nitrogens with two attached hydrogens (primary N) is 1. The lowest BCUT2D eigenvalue weighted by Crippen LogP contribution is -2.12. The van der Waals surface area contributed by atoms with Gasteiger partial charge < -0.3 is 5.73 Å². The first-order chi connectivity index (χ1) is 8.84. The highest BCUT2D eigenvalue weighted by molar-refractivity contribution is 7.99. The van der Waals surface area contributed by atoms with Gasteiger partial charge in [-0.1, -0.05) is 29.5 Å². The lowest BCUT2D eigenvalue weighted by molar-refractivity contribution is -0.145. The molecule has 7 heteroatoms. The van der Waals surface area contributed by atoms with Gasteiger partial charge in [-0.3, -0.25) is 0 Å². The number of alkyl halides is 3. The molecule has 0 aliphatic carbocycles. The molecule has 0 bridgehead atoms. The van der Waals surface area contributed by atoms with Crippen LogP contribution in [-0.4, -0.2) is 9.97 Å². The molecule has 1 aromatic carbocycles. The maximum atomic E-state index is 12.5. The SMILES string of the molecule is Cc1ccc(Sc2cc(N)nc(C(F)(F)F)n2)cc1. The maximum absolute atomic E-state index is 12.5. The standard InChI is InChI=1S/C12H10F3N3S/c1-7-2-4-8(5-3-7)19-10-6-9(16)17-11(18-10)12(13,14)15/h2-6H,1H3,(H2,16,17,18). The molecular weight excluding hydrogens is 275 g/mol. The Labute approximate surface area is 112 Å². The molecule has 0 saturated carbocycles. The van der Waals surface area contributed by atoms with Gasteiger partial charge in [0, 0.05) is 11.0 Å². The van der Waals surface area contributed by atoms with Crippen LogP contribution in [-0.2, 0) is 6.18 Å². The summed E-state index contributed by atoms with van der Waals surface area (Å²) in [6.45, 7) is 1.93. The molecule has 2 N–H and O–H groups in total. The number of anilines is 1. The molecule has 0 radical (unpaired) electrons. The van der Waals surface area contributed by atoms with Crippen LogP contribution in [0.25, 0.3) is 0 Å². The molecule has 19 heavy (non-hydrogen) atoms. The van der Waals surface area contributed by atoms with Crippen LogP contribution in [0.5, 0.6) is 0 Å². The molecule has 0 aliphatic rings. The number of benzene rings is 1. The van der Waals surface area contributed by atoms with E-state index in [2.05, 4.69) is 9.97 Å². The minimum absolute atomic E-state index is 0.170. The van der Waals surface area contributed by atoms with Crippen molar-refractivity contribution in [3.05, 3.63) is 41.7 Å². The van der Waals surface area contributed by atoms with Crippen LogP contribution in [0, 0.1) is 6.92 Å². The summed E-state index contributed by atoms with van der Waals surface area (Å²) >= 11 is 1.11. The maximum Gasteiger partial charge on any atom is 0.451 e. The normalized spacial score (nSPS) is 11.6. The van der Waals surface area contributed by atoms with Crippen LogP contribution < -0.4 is 5.73 Å². The fourth-order valence-electron chi connectivity index (χ4n) is 1.35. The second-order valence-corrected chi connectivity index (χ2v) is 4.96. The summed E-state index contributed by atoms with van der Waals surface area (Å²) in [6.07, 6.45) is -4.60. The van der Waals surface area contributed by atoms with E-state index in [0.717, 1.165) is 22.2 Å². The molecule has 0 unspecified atom stereocenters. The summed E-state index contributed by atoms with van der Waals surface area (Å²) in [5, 5.41) is 0.170. The molecule has 1 heterocycles. The average molecular weight is 285 g/mol. The highest BCUT2D eigenvalue weighted by Crippen LogP contribution is 2.31. The largest absolute Gasteiger partial charge is 0.451 e. The first kappa shape index (κ1) is 13.7. The van der Waals surface area contributed by atoms with Crippen molar-refractivity contribution in [2.24, 2.45) is 0 Å². The molecular formula is C12H10F3N3S. The van der Waals surface area contributed by atoms with E-state index in [1.807, 2.05) is 31.2 Å². The van der Waals surface area contributed by atoms with Crippen molar-refractivity contribution in [3.63, 3.8) is 0 Å². The minimum atomic E-state index is -4.60. The molecule has 0 atom stereocenters. The van der Waals surface area contributed by atoms with Crippen molar-refractivity contribution in [2.45, 2.75) is 23.0 Å². The van der Waals surface area contributed by atoms with Gasteiger partial charge in [-0.25, -0.2) is 9.97 Å². The van der Waals surface area contributed by atoms with Crippen LogP contribution in [0.1, 0.15) is 11.4 Å². The fourth-order valence-corrected chi connectivity index (χ4v) is 2.17. The van der Waals surface area contributed by atoms with E-state index in [9.17, 15) is 13.2 Å².